The topological polar surface area (TPSA) is 104 Å². The number of hydrogen-bond acceptors (Lipinski definition) is 6. The molecular formula is C15H15N5O3S. The van der Waals surface area contributed by atoms with Gasteiger partial charge < -0.3 is 14.6 Å². The summed E-state index contributed by atoms with van der Waals surface area (Å²) >= 11 is 1.45. The Hall–Kier alpha value is -2.68. The van der Waals surface area contributed by atoms with Crippen LogP contribution in [-0.4, -0.2) is 44.3 Å². The largest absolute Gasteiger partial charge is 0.450 e. The van der Waals surface area contributed by atoms with Crippen LogP contribution in [0.3, 0.4) is 0 Å². The zero-order chi connectivity index (χ0) is 16.7. The average molecular weight is 345 g/mol. The van der Waals surface area contributed by atoms with Crippen molar-refractivity contribution in [2.24, 2.45) is 0 Å². The lowest BCUT2D eigenvalue weighted by molar-refractivity contribution is 0.103. The Balaban J connectivity index is 1.76. The lowest BCUT2D eigenvalue weighted by Gasteiger charge is -2.25. The third kappa shape index (κ3) is 2.37. The van der Waals surface area contributed by atoms with E-state index in [1.807, 2.05) is 0 Å². The van der Waals surface area contributed by atoms with Gasteiger partial charge in [-0.1, -0.05) is 0 Å². The predicted molar refractivity (Wildman–Crippen MR) is 89.0 cm³/mol. The van der Waals surface area contributed by atoms with Gasteiger partial charge in [-0.05, 0) is 25.0 Å². The highest BCUT2D eigenvalue weighted by Gasteiger charge is 2.27. The smallest absolute Gasteiger partial charge is 0.410 e. The molecule has 0 atom stereocenters. The van der Waals surface area contributed by atoms with Crippen LogP contribution in [0.4, 0.5) is 4.79 Å². The number of rotatable bonds is 2. The molecule has 0 bridgehead atoms. The summed E-state index contributed by atoms with van der Waals surface area (Å²) in [6, 6.07) is 1.75. The summed E-state index contributed by atoms with van der Waals surface area (Å²) in [4.78, 5) is 35.1. The Labute approximate surface area is 140 Å². The van der Waals surface area contributed by atoms with Crippen molar-refractivity contribution in [2.75, 3.05) is 13.2 Å². The molecule has 0 spiro atoms. The first-order valence-electron chi connectivity index (χ1n) is 7.63. The van der Waals surface area contributed by atoms with E-state index in [-0.39, 0.29) is 11.7 Å². The standard InChI is InChI=1S/C15H15N5O3S/c1-2-23-15(22)20-6-4-8-10(7-20)24-14-11(8)13(21)17-12(18-14)9-3-5-16-19-9/h3,5H,2,4,6-7H2,1H3,(H,16,19)(H,17,18,21). The second-order valence-corrected chi connectivity index (χ2v) is 6.52. The summed E-state index contributed by atoms with van der Waals surface area (Å²) in [7, 11) is 0. The van der Waals surface area contributed by atoms with E-state index >= 15 is 0 Å². The summed E-state index contributed by atoms with van der Waals surface area (Å²) in [6.07, 6.45) is 1.92. The Morgan fingerprint density at radius 1 is 1.50 bits per heavy atom. The fraction of sp³-hybridized carbons (Fsp3) is 0.333. The van der Waals surface area contributed by atoms with E-state index in [4.69, 9.17) is 4.74 Å². The Morgan fingerprint density at radius 3 is 3.12 bits per heavy atom. The molecule has 0 aliphatic carbocycles. The van der Waals surface area contributed by atoms with Crippen LogP contribution in [0.25, 0.3) is 21.7 Å². The first kappa shape index (κ1) is 14.9. The van der Waals surface area contributed by atoms with Gasteiger partial charge in [0.2, 0.25) is 0 Å². The molecule has 1 aliphatic heterocycles. The molecule has 0 unspecified atom stereocenters. The first-order valence-corrected chi connectivity index (χ1v) is 8.45. The Kier molecular flexibility index (Phi) is 3.57. The second kappa shape index (κ2) is 5.75. The molecule has 2 N–H and O–H groups in total. The van der Waals surface area contributed by atoms with Crippen molar-refractivity contribution in [3.05, 3.63) is 33.1 Å². The molecule has 3 aromatic rings. The molecule has 0 aromatic carbocycles. The van der Waals surface area contributed by atoms with Gasteiger partial charge in [-0.25, -0.2) is 9.78 Å². The molecule has 0 saturated carbocycles. The number of H-pyrrole nitrogens is 2. The average Bonchev–Trinajstić information content (AvgIpc) is 3.21. The zero-order valence-electron chi connectivity index (χ0n) is 13.0. The van der Waals surface area contributed by atoms with Gasteiger partial charge >= 0.3 is 6.09 Å². The number of ether oxygens (including phenoxy) is 1. The van der Waals surface area contributed by atoms with Crippen LogP contribution in [0.15, 0.2) is 17.1 Å². The maximum atomic E-state index is 12.5. The minimum Gasteiger partial charge on any atom is -0.450 e. The number of aromatic nitrogens is 4. The van der Waals surface area contributed by atoms with E-state index in [1.54, 1.807) is 24.1 Å². The van der Waals surface area contributed by atoms with Crippen molar-refractivity contribution in [1.82, 2.24) is 25.1 Å². The van der Waals surface area contributed by atoms with E-state index in [2.05, 4.69) is 20.2 Å². The summed E-state index contributed by atoms with van der Waals surface area (Å²) in [5.41, 5.74) is 1.49. The molecule has 1 aliphatic rings. The van der Waals surface area contributed by atoms with Gasteiger partial charge in [0.1, 0.15) is 10.5 Å². The minimum atomic E-state index is -0.319. The summed E-state index contributed by atoms with van der Waals surface area (Å²) in [6.45, 7) is 3.13. The van der Waals surface area contributed by atoms with Crippen molar-refractivity contribution in [2.45, 2.75) is 19.9 Å². The molecular weight excluding hydrogens is 330 g/mol. The predicted octanol–water partition coefficient (Wildman–Crippen LogP) is 1.89. The van der Waals surface area contributed by atoms with Gasteiger partial charge in [-0.3, -0.25) is 9.89 Å². The molecule has 0 saturated heterocycles. The maximum absolute atomic E-state index is 12.5. The minimum absolute atomic E-state index is 0.160. The highest BCUT2D eigenvalue weighted by Crippen LogP contribution is 2.33. The molecule has 0 radical (unpaired) electrons. The van der Waals surface area contributed by atoms with Crippen LogP contribution in [0.2, 0.25) is 0 Å². The van der Waals surface area contributed by atoms with Crippen LogP contribution in [0.1, 0.15) is 17.4 Å². The van der Waals surface area contributed by atoms with Crippen molar-refractivity contribution in [3.8, 4) is 11.5 Å². The number of nitrogens with one attached hydrogen (secondary N) is 2. The number of thiophene rings is 1. The molecule has 124 valence electrons. The fourth-order valence-corrected chi connectivity index (χ4v) is 4.12. The monoisotopic (exact) mass is 345 g/mol. The van der Waals surface area contributed by atoms with Crippen LogP contribution in [-0.2, 0) is 17.7 Å². The maximum Gasteiger partial charge on any atom is 0.410 e. The normalized spacial score (nSPS) is 14.0. The Bertz CT molecular complexity index is 960. The van der Waals surface area contributed by atoms with Crippen LogP contribution >= 0.6 is 11.3 Å². The van der Waals surface area contributed by atoms with Gasteiger partial charge in [0, 0.05) is 17.6 Å². The van der Waals surface area contributed by atoms with Gasteiger partial charge in [0.05, 0.1) is 18.5 Å². The number of fused-ring (bicyclic) bond motifs is 3. The summed E-state index contributed by atoms with van der Waals surface area (Å²) in [5, 5.41) is 7.30. The molecule has 0 fully saturated rings. The number of carbonyl (C=O) groups excluding carboxylic acids is 1. The number of carbonyl (C=O) groups is 1. The molecule has 1 amide bonds. The number of nitrogens with zero attached hydrogens (tertiary/aromatic N) is 3. The van der Waals surface area contributed by atoms with Crippen LogP contribution in [0, 0.1) is 0 Å². The molecule has 4 rings (SSSR count). The van der Waals surface area contributed by atoms with E-state index in [0.717, 1.165) is 10.4 Å². The SMILES string of the molecule is CCOC(=O)N1CCc2c(sc3nc(-c4ccn[nH]4)[nH]c(=O)c23)C1. The van der Waals surface area contributed by atoms with Gasteiger partial charge in [-0.2, -0.15) is 5.10 Å². The molecule has 9 heteroatoms. The highest BCUT2D eigenvalue weighted by atomic mass is 32.1. The number of aromatic amines is 2. The van der Waals surface area contributed by atoms with Crippen molar-refractivity contribution >= 4 is 27.6 Å². The van der Waals surface area contributed by atoms with Crippen molar-refractivity contribution in [3.63, 3.8) is 0 Å². The third-order valence-electron chi connectivity index (χ3n) is 3.99. The van der Waals surface area contributed by atoms with E-state index in [1.165, 1.54) is 11.3 Å². The van der Waals surface area contributed by atoms with E-state index < -0.39 is 0 Å². The molecule has 8 nitrogen and oxygen atoms in total. The van der Waals surface area contributed by atoms with Crippen LogP contribution in [0.5, 0.6) is 0 Å². The van der Waals surface area contributed by atoms with Gasteiger partial charge in [0.25, 0.3) is 5.56 Å². The fourth-order valence-electron chi connectivity index (χ4n) is 2.89. The highest BCUT2D eigenvalue weighted by molar-refractivity contribution is 7.18. The number of hydrogen-bond donors (Lipinski definition) is 2. The zero-order valence-corrected chi connectivity index (χ0v) is 13.8. The molecule has 24 heavy (non-hydrogen) atoms. The van der Waals surface area contributed by atoms with E-state index in [0.29, 0.717) is 47.9 Å². The quantitative estimate of drug-likeness (QED) is 0.738. The summed E-state index contributed by atoms with van der Waals surface area (Å²) in [5.74, 6) is 0.464. The number of amides is 1. The lowest BCUT2D eigenvalue weighted by atomic mass is 10.1. The van der Waals surface area contributed by atoms with E-state index in [9.17, 15) is 9.59 Å². The van der Waals surface area contributed by atoms with Gasteiger partial charge in [-0.15, -0.1) is 11.3 Å². The van der Waals surface area contributed by atoms with Gasteiger partial charge in [0.15, 0.2) is 5.82 Å². The lowest BCUT2D eigenvalue weighted by Crippen LogP contribution is -2.35. The van der Waals surface area contributed by atoms with Crippen LogP contribution < -0.4 is 5.56 Å². The van der Waals surface area contributed by atoms with Crippen molar-refractivity contribution < 1.29 is 9.53 Å². The molecule has 4 heterocycles. The third-order valence-corrected chi connectivity index (χ3v) is 5.10. The summed E-state index contributed by atoms with van der Waals surface area (Å²) < 4.78 is 5.06. The Morgan fingerprint density at radius 2 is 2.38 bits per heavy atom. The molecule has 3 aromatic heterocycles. The van der Waals surface area contributed by atoms with Crippen molar-refractivity contribution in [1.29, 1.82) is 0 Å². The second-order valence-electron chi connectivity index (χ2n) is 5.44. The first-order chi connectivity index (χ1) is 11.7.